The summed E-state index contributed by atoms with van der Waals surface area (Å²) in [6.07, 6.45) is 1.95. The lowest BCUT2D eigenvalue weighted by atomic mass is 10.0. The van der Waals surface area contributed by atoms with Crippen LogP contribution in [0.15, 0.2) is 28.7 Å². The smallest absolute Gasteiger partial charge is 0.247 e. The Morgan fingerprint density at radius 1 is 1.12 bits per heavy atom. The van der Waals surface area contributed by atoms with Crippen LogP contribution in [0.25, 0.3) is 11.5 Å². The summed E-state index contributed by atoms with van der Waals surface area (Å²) in [6.45, 7) is 4.19. The van der Waals surface area contributed by atoms with Crippen molar-refractivity contribution in [3.63, 3.8) is 0 Å². The van der Waals surface area contributed by atoms with Crippen molar-refractivity contribution in [2.24, 2.45) is 0 Å². The molecule has 1 aromatic carbocycles. The highest BCUT2D eigenvalue weighted by atomic mass is 19.1. The summed E-state index contributed by atoms with van der Waals surface area (Å²) in [5.74, 6) is 1.14. The van der Waals surface area contributed by atoms with Gasteiger partial charge in [0.2, 0.25) is 11.8 Å². The van der Waals surface area contributed by atoms with Gasteiger partial charge in [0, 0.05) is 11.5 Å². The maximum atomic E-state index is 12.8. The van der Waals surface area contributed by atoms with E-state index in [4.69, 9.17) is 4.42 Å². The van der Waals surface area contributed by atoms with Gasteiger partial charge in [-0.15, -0.1) is 10.2 Å². The van der Waals surface area contributed by atoms with Crippen molar-refractivity contribution < 1.29 is 8.81 Å². The van der Waals surface area contributed by atoms with E-state index in [1.807, 2.05) is 0 Å². The Hall–Kier alpha value is -1.71. The van der Waals surface area contributed by atoms with E-state index in [2.05, 4.69) is 24.0 Å². The third-order valence-corrected chi connectivity index (χ3v) is 2.87. The van der Waals surface area contributed by atoms with Crippen molar-refractivity contribution >= 4 is 0 Å². The first kappa shape index (κ1) is 11.8. The first-order valence-corrected chi connectivity index (χ1v) is 5.84. The van der Waals surface area contributed by atoms with Crippen LogP contribution in [0.2, 0.25) is 0 Å². The molecular weight excluding hydrogens is 219 g/mol. The van der Waals surface area contributed by atoms with Crippen molar-refractivity contribution in [3.05, 3.63) is 36.0 Å². The van der Waals surface area contributed by atoms with Crippen LogP contribution in [0.5, 0.6) is 0 Å². The summed E-state index contributed by atoms with van der Waals surface area (Å²) in [4.78, 5) is 0. The summed E-state index contributed by atoms with van der Waals surface area (Å²) in [6, 6.07) is 6.05. The number of rotatable bonds is 4. The largest absolute Gasteiger partial charge is 0.420 e. The van der Waals surface area contributed by atoms with Crippen LogP contribution in [-0.4, -0.2) is 10.2 Å². The number of benzene rings is 1. The fourth-order valence-electron chi connectivity index (χ4n) is 1.75. The molecule has 0 unspecified atom stereocenters. The minimum Gasteiger partial charge on any atom is -0.420 e. The van der Waals surface area contributed by atoms with Gasteiger partial charge < -0.3 is 4.42 Å². The number of halogens is 1. The standard InChI is InChI=1S/C13H15FN2O/c1-3-9(4-2)12-15-16-13(17-12)10-5-7-11(14)8-6-10/h5-9H,3-4H2,1-2H3. The SMILES string of the molecule is CCC(CC)c1nnc(-c2ccc(F)cc2)o1. The Bertz CT molecular complexity index is 474. The number of hydrogen-bond acceptors (Lipinski definition) is 3. The third kappa shape index (κ3) is 2.52. The summed E-state index contributed by atoms with van der Waals surface area (Å²) in [7, 11) is 0. The van der Waals surface area contributed by atoms with Crippen molar-refractivity contribution in [2.45, 2.75) is 32.6 Å². The van der Waals surface area contributed by atoms with E-state index in [9.17, 15) is 4.39 Å². The van der Waals surface area contributed by atoms with Gasteiger partial charge >= 0.3 is 0 Å². The number of hydrogen-bond donors (Lipinski definition) is 0. The van der Waals surface area contributed by atoms with E-state index < -0.39 is 0 Å². The molecule has 0 saturated heterocycles. The maximum Gasteiger partial charge on any atom is 0.247 e. The molecule has 1 aromatic heterocycles. The zero-order valence-corrected chi connectivity index (χ0v) is 9.98. The Balaban J connectivity index is 2.26. The molecule has 0 atom stereocenters. The van der Waals surface area contributed by atoms with Gasteiger partial charge in [0.25, 0.3) is 0 Å². The van der Waals surface area contributed by atoms with Crippen molar-refractivity contribution in [3.8, 4) is 11.5 Å². The van der Waals surface area contributed by atoms with Crippen LogP contribution in [-0.2, 0) is 0 Å². The van der Waals surface area contributed by atoms with E-state index >= 15 is 0 Å². The molecule has 0 aliphatic heterocycles. The number of aromatic nitrogens is 2. The minimum atomic E-state index is -0.270. The normalized spacial score (nSPS) is 11.1. The van der Waals surface area contributed by atoms with E-state index in [1.165, 1.54) is 12.1 Å². The van der Waals surface area contributed by atoms with Gasteiger partial charge in [0.1, 0.15) is 5.82 Å². The van der Waals surface area contributed by atoms with Crippen molar-refractivity contribution in [2.75, 3.05) is 0 Å². The highest BCUT2D eigenvalue weighted by Gasteiger charge is 2.15. The summed E-state index contributed by atoms with van der Waals surface area (Å²) < 4.78 is 18.4. The van der Waals surface area contributed by atoms with Gasteiger partial charge in [-0.25, -0.2) is 4.39 Å². The lowest BCUT2D eigenvalue weighted by molar-refractivity contribution is 0.439. The molecular formula is C13H15FN2O. The van der Waals surface area contributed by atoms with E-state index in [1.54, 1.807) is 12.1 Å². The molecule has 4 heteroatoms. The van der Waals surface area contributed by atoms with Crippen molar-refractivity contribution in [1.82, 2.24) is 10.2 Å². The van der Waals surface area contributed by atoms with Gasteiger partial charge in [-0.05, 0) is 37.1 Å². The van der Waals surface area contributed by atoms with Crippen LogP contribution >= 0.6 is 0 Å². The third-order valence-electron chi connectivity index (χ3n) is 2.87. The summed E-state index contributed by atoms with van der Waals surface area (Å²) in [5.41, 5.74) is 0.746. The Morgan fingerprint density at radius 3 is 2.35 bits per heavy atom. The van der Waals surface area contributed by atoms with Gasteiger partial charge in [0.05, 0.1) is 0 Å². The van der Waals surface area contributed by atoms with Crippen LogP contribution in [0.3, 0.4) is 0 Å². The molecule has 0 spiro atoms. The summed E-state index contributed by atoms with van der Waals surface area (Å²) >= 11 is 0. The lowest BCUT2D eigenvalue weighted by Crippen LogP contribution is -1.95. The molecule has 90 valence electrons. The molecule has 0 N–H and O–H groups in total. The molecule has 0 aliphatic carbocycles. The zero-order chi connectivity index (χ0) is 12.3. The van der Waals surface area contributed by atoms with Crippen LogP contribution in [0, 0.1) is 5.82 Å². The molecule has 0 amide bonds. The second kappa shape index (κ2) is 5.08. The van der Waals surface area contributed by atoms with Crippen LogP contribution in [0.1, 0.15) is 38.5 Å². The van der Waals surface area contributed by atoms with E-state index in [0.717, 1.165) is 18.4 Å². The van der Waals surface area contributed by atoms with Crippen LogP contribution in [0.4, 0.5) is 4.39 Å². The highest BCUT2D eigenvalue weighted by Crippen LogP contribution is 2.25. The van der Waals surface area contributed by atoms with Crippen molar-refractivity contribution in [1.29, 1.82) is 0 Å². The Labute approximate surface area is 99.7 Å². The first-order valence-electron chi connectivity index (χ1n) is 5.84. The second-order valence-corrected chi connectivity index (χ2v) is 3.97. The predicted octanol–water partition coefficient (Wildman–Crippen LogP) is 3.78. The average molecular weight is 234 g/mol. The molecule has 17 heavy (non-hydrogen) atoms. The average Bonchev–Trinajstić information content (AvgIpc) is 2.81. The molecule has 0 bridgehead atoms. The fourth-order valence-corrected chi connectivity index (χ4v) is 1.75. The maximum absolute atomic E-state index is 12.8. The topological polar surface area (TPSA) is 38.9 Å². The van der Waals surface area contributed by atoms with Gasteiger partial charge in [-0.3, -0.25) is 0 Å². The molecule has 2 rings (SSSR count). The van der Waals surface area contributed by atoms with E-state index in [0.29, 0.717) is 17.7 Å². The molecule has 0 fully saturated rings. The predicted molar refractivity (Wildman–Crippen MR) is 63.0 cm³/mol. The molecule has 0 saturated carbocycles. The number of nitrogens with zero attached hydrogens (tertiary/aromatic N) is 2. The molecule has 2 aromatic rings. The summed E-state index contributed by atoms with van der Waals surface area (Å²) in [5, 5.41) is 8.04. The lowest BCUT2D eigenvalue weighted by Gasteiger charge is -2.04. The zero-order valence-electron chi connectivity index (χ0n) is 9.98. The van der Waals surface area contributed by atoms with Gasteiger partial charge in [-0.2, -0.15) is 0 Å². The second-order valence-electron chi connectivity index (χ2n) is 3.97. The first-order chi connectivity index (χ1) is 8.24. The molecule has 1 heterocycles. The van der Waals surface area contributed by atoms with E-state index in [-0.39, 0.29) is 5.82 Å². The van der Waals surface area contributed by atoms with Gasteiger partial charge in [0.15, 0.2) is 0 Å². The highest BCUT2D eigenvalue weighted by molar-refractivity contribution is 5.51. The molecule has 3 nitrogen and oxygen atoms in total. The Morgan fingerprint density at radius 2 is 1.76 bits per heavy atom. The fraction of sp³-hybridized carbons (Fsp3) is 0.385. The van der Waals surface area contributed by atoms with Gasteiger partial charge in [-0.1, -0.05) is 13.8 Å². The van der Waals surface area contributed by atoms with Crippen LogP contribution < -0.4 is 0 Å². The Kier molecular flexibility index (Phi) is 3.52. The minimum absolute atomic E-state index is 0.270. The quantitative estimate of drug-likeness (QED) is 0.808. The monoisotopic (exact) mass is 234 g/mol. The molecule has 0 radical (unpaired) electrons. The molecule has 0 aliphatic rings.